The number of amides is 1. The van der Waals surface area contributed by atoms with E-state index in [0.29, 0.717) is 17.8 Å². The van der Waals surface area contributed by atoms with E-state index in [4.69, 9.17) is 4.74 Å². The van der Waals surface area contributed by atoms with E-state index in [-0.39, 0.29) is 11.8 Å². The molecule has 0 atom stereocenters. The molecule has 1 amide bonds. The highest BCUT2D eigenvalue weighted by Crippen LogP contribution is 2.25. The Bertz CT molecular complexity index is 777. The van der Waals surface area contributed by atoms with Crippen molar-refractivity contribution in [2.75, 3.05) is 6.61 Å². The zero-order valence-corrected chi connectivity index (χ0v) is 15.4. The molecular formula is C21H27N3O2. The second-order valence-corrected chi connectivity index (χ2v) is 6.79. The number of para-hydroxylation sites is 1. The minimum absolute atomic E-state index is 0.0290. The molecule has 138 valence electrons. The monoisotopic (exact) mass is 353 g/mol. The fourth-order valence-corrected chi connectivity index (χ4v) is 3.25. The van der Waals surface area contributed by atoms with Crippen LogP contribution in [-0.2, 0) is 4.79 Å². The average Bonchev–Trinajstić information content (AvgIpc) is 3.21. The second kappa shape index (κ2) is 9.32. The Kier molecular flexibility index (Phi) is 6.58. The van der Waals surface area contributed by atoms with Gasteiger partial charge in [-0.2, -0.15) is 5.10 Å². The van der Waals surface area contributed by atoms with Crippen LogP contribution >= 0.6 is 0 Å². The second-order valence-electron chi connectivity index (χ2n) is 6.79. The molecule has 0 aliphatic heterocycles. The number of benzene rings is 1. The molecule has 0 unspecified atom stereocenters. The first-order valence-corrected chi connectivity index (χ1v) is 9.64. The Morgan fingerprint density at radius 2 is 2.00 bits per heavy atom. The zero-order chi connectivity index (χ0) is 18.2. The van der Waals surface area contributed by atoms with Crippen LogP contribution in [0.1, 0.15) is 51.9 Å². The number of hydrogen-bond donors (Lipinski definition) is 0. The van der Waals surface area contributed by atoms with Gasteiger partial charge in [-0.1, -0.05) is 50.8 Å². The SMILES string of the molecule is CCCCCOc1c/c(=N\C(=O)C2CCCC2)cnn1-c1ccccc1. The molecule has 0 N–H and O–H groups in total. The van der Waals surface area contributed by atoms with Crippen LogP contribution in [0, 0.1) is 5.92 Å². The Morgan fingerprint density at radius 3 is 2.73 bits per heavy atom. The van der Waals surface area contributed by atoms with Crippen LogP contribution < -0.4 is 10.1 Å². The van der Waals surface area contributed by atoms with Gasteiger partial charge in [-0.15, -0.1) is 0 Å². The predicted molar refractivity (Wildman–Crippen MR) is 101 cm³/mol. The fraction of sp³-hybridized carbons (Fsp3) is 0.476. The normalized spacial score (nSPS) is 15.3. The molecule has 1 aromatic heterocycles. The van der Waals surface area contributed by atoms with Crippen molar-refractivity contribution in [1.82, 2.24) is 9.78 Å². The smallest absolute Gasteiger partial charge is 0.249 e. The topological polar surface area (TPSA) is 56.5 Å². The lowest BCUT2D eigenvalue weighted by Gasteiger charge is -2.13. The van der Waals surface area contributed by atoms with Crippen LogP contribution in [0.4, 0.5) is 0 Å². The predicted octanol–water partition coefficient (Wildman–Crippen LogP) is 4.06. The molecule has 5 heteroatoms. The highest BCUT2D eigenvalue weighted by atomic mass is 16.5. The number of nitrogens with zero attached hydrogens (tertiary/aromatic N) is 3. The molecular weight excluding hydrogens is 326 g/mol. The quantitative estimate of drug-likeness (QED) is 0.705. The maximum atomic E-state index is 12.3. The molecule has 5 nitrogen and oxygen atoms in total. The molecule has 1 heterocycles. The third kappa shape index (κ3) is 4.81. The maximum absolute atomic E-state index is 12.3. The minimum Gasteiger partial charge on any atom is -0.478 e. The number of ether oxygens (including phenoxy) is 1. The van der Waals surface area contributed by atoms with Crippen molar-refractivity contribution in [1.29, 1.82) is 0 Å². The van der Waals surface area contributed by atoms with Gasteiger partial charge in [0.1, 0.15) is 0 Å². The van der Waals surface area contributed by atoms with Gasteiger partial charge in [-0.05, 0) is 31.4 Å². The van der Waals surface area contributed by atoms with Gasteiger partial charge in [-0.25, -0.2) is 9.67 Å². The van der Waals surface area contributed by atoms with Crippen LogP contribution in [0.15, 0.2) is 47.6 Å². The number of aromatic nitrogens is 2. The minimum atomic E-state index is -0.0290. The zero-order valence-electron chi connectivity index (χ0n) is 15.4. The summed E-state index contributed by atoms with van der Waals surface area (Å²) in [5.74, 6) is 0.664. The van der Waals surface area contributed by atoms with Gasteiger partial charge >= 0.3 is 0 Å². The summed E-state index contributed by atoms with van der Waals surface area (Å²) >= 11 is 0. The van der Waals surface area contributed by atoms with E-state index < -0.39 is 0 Å². The fourth-order valence-electron chi connectivity index (χ4n) is 3.25. The molecule has 0 saturated heterocycles. The summed E-state index contributed by atoms with van der Waals surface area (Å²) in [7, 11) is 0. The summed E-state index contributed by atoms with van der Waals surface area (Å²) in [5.41, 5.74) is 0.923. The number of rotatable bonds is 7. The van der Waals surface area contributed by atoms with Gasteiger partial charge in [-0.3, -0.25) is 4.79 Å². The summed E-state index contributed by atoms with van der Waals surface area (Å²) < 4.78 is 7.73. The summed E-state index contributed by atoms with van der Waals surface area (Å²) in [6.45, 7) is 2.79. The van der Waals surface area contributed by atoms with Crippen molar-refractivity contribution in [3.63, 3.8) is 0 Å². The van der Waals surface area contributed by atoms with Crippen molar-refractivity contribution in [2.45, 2.75) is 51.9 Å². The molecule has 1 fully saturated rings. The first-order valence-electron chi connectivity index (χ1n) is 9.64. The molecule has 0 bridgehead atoms. The summed E-state index contributed by atoms with van der Waals surface area (Å²) in [5, 5.41) is 5.04. The van der Waals surface area contributed by atoms with Gasteiger partial charge in [0.05, 0.1) is 23.8 Å². The van der Waals surface area contributed by atoms with E-state index in [2.05, 4.69) is 17.0 Å². The van der Waals surface area contributed by atoms with Gasteiger partial charge in [0, 0.05) is 12.0 Å². The van der Waals surface area contributed by atoms with Crippen molar-refractivity contribution in [3.8, 4) is 11.6 Å². The van der Waals surface area contributed by atoms with Crippen molar-refractivity contribution in [3.05, 3.63) is 48.0 Å². The largest absolute Gasteiger partial charge is 0.478 e. The van der Waals surface area contributed by atoms with Crippen molar-refractivity contribution >= 4 is 5.91 Å². The van der Waals surface area contributed by atoms with E-state index >= 15 is 0 Å². The Hall–Kier alpha value is -2.43. The van der Waals surface area contributed by atoms with Gasteiger partial charge < -0.3 is 4.74 Å². The third-order valence-corrected chi connectivity index (χ3v) is 4.73. The maximum Gasteiger partial charge on any atom is 0.249 e. The van der Waals surface area contributed by atoms with E-state index in [1.54, 1.807) is 10.9 Å². The van der Waals surface area contributed by atoms with Crippen molar-refractivity contribution in [2.24, 2.45) is 10.9 Å². The lowest BCUT2D eigenvalue weighted by Crippen LogP contribution is -2.17. The first kappa shape index (κ1) is 18.4. The molecule has 0 spiro atoms. The summed E-state index contributed by atoms with van der Waals surface area (Å²) in [6.07, 6.45) is 9.05. The number of carbonyl (C=O) groups excluding carboxylic acids is 1. The molecule has 1 saturated carbocycles. The highest BCUT2D eigenvalue weighted by molar-refractivity contribution is 5.79. The van der Waals surface area contributed by atoms with Crippen molar-refractivity contribution < 1.29 is 9.53 Å². The molecule has 1 aromatic carbocycles. The first-order chi connectivity index (χ1) is 12.8. The lowest BCUT2D eigenvalue weighted by molar-refractivity contribution is -0.121. The number of unbranched alkanes of at least 4 members (excludes halogenated alkanes) is 2. The van der Waals surface area contributed by atoms with Crippen LogP contribution in [0.5, 0.6) is 5.88 Å². The van der Waals surface area contributed by atoms with E-state index in [1.165, 1.54) is 0 Å². The van der Waals surface area contributed by atoms with E-state index in [9.17, 15) is 4.79 Å². The van der Waals surface area contributed by atoms with Gasteiger partial charge in [0.15, 0.2) is 0 Å². The average molecular weight is 353 g/mol. The van der Waals surface area contributed by atoms with Crippen LogP contribution in [0.3, 0.4) is 0 Å². The molecule has 2 aromatic rings. The molecule has 1 aliphatic rings. The summed E-state index contributed by atoms with van der Waals surface area (Å²) in [4.78, 5) is 16.6. The lowest BCUT2D eigenvalue weighted by atomic mass is 10.1. The third-order valence-electron chi connectivity index (χ3n) is 4.73. The molecule has 1 aliphatic carbocycles. The highest BCUT2D eigenvalue weighted by Gasteiger charge is 2.22. The molecule has 3 rings (SSSR count). The van der Waals surface area contributed by atoms with E-state index in [1.807, 2.05) is 36.4 Å². The van der Waals surface area contributed by atoms with Crippen LogP contribution in [-0.4, -0.2) is 22.3 Å². The van der Waals surface area contributed by atoms with Gasteiger partial charge in [0.25, 0.3) is 0 Å². The molecule has 26 heavy (non-hydrogen) atoms. The standard InChI is InChI=1S/C21H27N3O2/c1-2-3-9-14-26-20-15-18(23-21(25)17-10-7-8-11-17)16-22-24(20)19-12-5-4-6-13-19/h4-6,12-13,15-17H,2-3,7-11,14H2,1H3/b23-18+. The van der Waals surface area contributed by atoms with Crippen LogP contribution in [0.2, 0.25) is 0 Å². The summed E-state index contributed by atoms with van der Waals surface area (Å²) in [6, 6.07) is 11.7. The Balaban J connectivity index is 1.86. The van der Waals surface area contributed by atoms with Gasteiger partial charge in [0.2, 0.25) is 11.8 Å². The van der Waals surface area contributed by atoms with Crippen LogP contribution in [0.25, 0.3) is 5.69 Å². The van der Waals surface area contributed by atoms with E-state index in [0.717, 1.165) is 50.6 Å². The Morgan fingerprint density at radius 1 is 1.23 bits per heavy atom. The number of hydrogen-bond acceptors (Lipinski definition) is 3. The molecule has 0 radical (unpaired) electrons. The number of carbonyl (C=O) groups is 1. The Labute approximate surface area is 154 Å².